The van der Waals surface area contributed by atoms with Crippen LogP contribution in [0.25, 0.3) is 0 Å². The average molecular weight is 473 g/mol. The fourth-order valence-electron chi connectivity index (χ4n) is 3.86. The summed E-state index contributed by atoms with van der Waals surface area (Å²) in [5.74, 6) is -0.543. The highest BCUT2D eigenvalue weighted by Crippen LogP contribution is 2.51. The van der Waals surface area contributed by atoms with E-state index in [-0.39, 0.29) is 9.99 Å². The number of amides is 1. The molecule has 3 N–H and O–H groups in total. The molecule has 2 heterocycles. The van der Waals surface area contributed by atoms with Crippen LogP contribution in [0.2, 0.25) is 5.02 Å². The summed E-state index contributed by atoms with van der Waals surface area (Å²) < 4.78 is -0.265. The number of hydrogen-bond acceptors (Lipinski definition) is 6. The fourth-order valence-corrected chi connectivity index (χ4v) is 7.24. The molecule has 3 atom stereocenters. The van der Waals surface area contributed by atoms with Crippen LogP contribution in [0.1, 0.15) is 25.3 Å². The van der Waals surface area contributed by atoms with Crippen LogP contribution < -0.4 is 5.32 Å². The standard InChI is InChI=1S/C20H25ClN2O5S2/c1-12(22-15(18(25)26)7-4-13-2-5-14(21)6-3-13)17(24)23-11-20(29-8-9-30-20)10-16(23)19(27)28/h2-3,5-6,12,15-16,22H,4,7-11H2,1H3,(H,25,26)(H,27,28)/t12-,15?,16?/m0/s1. The molecule has 0 aliphatic carbocycles. The normalized spacial score (nSPS) is 22.2. The molecule has 1 spiro atoms. The van der Waals surface area contributed by atoms with Gasteiger partial charge in [0.15, 0.2) is 0 Å². The number of rotatable bonds is 8. The molecule has 10 heteroatoms. The number of halogens is 1. The summed E-state index contributed by atoms with van der Waals surface area (Å²) in [5, 5.41) is 22.7. The molecule has 30 heavy (non-hydrogen) atoms. The van der Waals surface area contributed by atoms with Crippen LogP contribution in [0.3, 0.4) is 0 Å². The molecule has 2 unspecified atom stereocenters. The number of carboxylic acids is 2. The van der Waals surface area contributed by atoms with Gasteiger partial charge in [-0.15, -0.1) is 23.5 Å². The molecular formula is C20H25ClN2O5S2. The lowest BCUT2D eigenvalue weighted by Gasteiger charge is -2.28. The molecule has 7 nitrogen and oxygen atoms in total. The summed E-state index contributed by atoms with van der Waals surface area (Å²) in [6, 6.07) is 4.58. The number of carboxylic acid groups (broad SMARTS) is 2. The van der Waals surface area contributed by atoms with E-state index < -0.39 is 30.1 Å². The van der Waals surface area contributed by atoms with Crippen LogP contribution in [-0.2, 0) is 20.8 Å². The highest BCUT2D eigenvalue weighted by molar-refractivity contribution is 8.21. The number of benzene rings is 1. The number of nitrogens with zero attached hydrogens (tertiary/aromatic N) is 1. The van der Waals surface area contributed by atoms with Crippen LogP contribution in [0, 0.1) is 0 Å². The minimum atomic E-state index is -1.04. The minimum Gasteiger partial charge on any atom is -0.480 e. The summed E-state index contributed by atoms with van der Waals surface area (Å²) in [5.41, 5.74) is 0.953. The molecule has 0 radical (unpaired) electrons. The second kappa shape index (κ2) is 9.80. The van der Waals surface area contributed by atoms with Crippen molar-refractivity contribution in [2.75, 3.05) is 18.1 Å². The topological polar surface area (TPSA) is 107 Å². The number of hydrogen-bond donors (Lipinski definition) is 3. The summed E-state index contributed by atoms with van der Waals surface area (Å²) in [4.78, 5) is 37.9. The van der Waals surface area contributed by atoms with Crippen LogP contribution in [0.4, 0.5) is 0 Å². The lowest BCUT2D eigenvalue weighted by Crippen LogP contribution is -2.53. The van der Waals surface area contributed by atoms with Crippen molar-refractivity contribution >= 4 is 53.0 Å². The number of aryl methyl sites for hydroxylation is 1. The summed E-state index contributed by atoms with van der Waals surface area (Å²) in [6.07, 6.45) is 1.22. The first-order valence-electron chi connectivity index (χ1n) is 9.75. The number of thioether (sulfide) groups is 2. The van der Waals surface area contributed by atoms with Gasteiger partial charge in [-0.05, 0) is 37.5 Å². The second-order valence-electron chi connectivity index (χ2n) is 7.58. The molecule has 3 rings (SSSR count). The van der Waals surface area contributed by atoms with Crippen LogP contribution in [0.15, 0.2) is 24.3 Å². The Bertz CT molecular complexity index is 801. The Labute approximate surface area is 188 Å². The molecule has 2 aliphatic heterocycles. The van der Waals surface area contributed by atoms with Gasteiger partial charge in [-0.3, -0.25) is 14.9 Å². The molecular weight excluding hydrogens is 448 g/mol. The molecule has 0 aromatic heterocycles. The SMILES string of the molecule is C[C@H](NC(CCc1ccc(Cl)cc1)C(=O)O)C(=O)N1CC2(CC1C(=O)O)SCCS2. The fraction of sp³-hybridized carbons (Fsp3) is 0.550. The van der Waals surface area contributed by atoms with E-state index in [4.69, 9.17) is 11.6 Å². The third-order valence-corrected chi connectivity index (χ3v) is 9.11. The van der Waals surface area contributed by atoms with Gasteiger partial charge in [-0.1, -0.05) is 23.7 Å². The Morgan fingerprint density at radius 1 is 1.23 bits per heavy atom. The Balaban J connectivity index is 1.63. The van der Waals surface area contributed by atoms with Crippen molar-refractivity contribution < 1.29 is 24.6 Å². The van der Waals surface area contributed by atoms with Gasteiger partial charge >= 0.3 is 11.9 Å². The van der Waals surface area contributed by atoms with Crippen molar-refractivity contribution in [3.8, 4) is 0 Å². The van der Waals surface area contributed by atoms with Gasteiger partial charge in [-0.2, -0.15) is 0 Å². The molecule has 1 aromatic rings. The van der Waals surface area contributed by atoms with E-state index in [1.165, 1.54) is 4.90 Å². The van der Waals surface area contributed by atoms with E-state index in [0.29, 0.717) is 30.8 Å². The van der Waals surface area contributed by atoms with E-state index in [2.05, 4.69) is 5.32 Å². The summed E-state index contributed by atoms with van der Waals surface area (Å²) in [7, 11) is 0. The molecule has 1 amide bonds. The minimum absolute atomic E-state index is 0.265. The predicted molar refractivity (Wildman–Crippen MR) is 119 cm³/mol. The van der Waals surface area contributed by atoms with E-state index in [9.17, 15) is 24.6 Å². The molecule has 0 bridgehead atoms. The van der Waals surface area contributed by atoms with Gasteiger partial charge in [0.25, 0.3) is 0 Å². The second-order valence-corrected chi connectivity index (χ2v) is 11.2. The summed E-state index contributed by atoms with van der Waals surface area (Å²) in [6.45, 7) is 1.96. The Morgan fingerprint density at radius 3 is 2.43 bits per heavy atom. The number of carbonyl (C=O) groups excluding carboxylic acids is 1. The van der Waals surface area contributed by atoms with Crippen LogP contribution >= 0.6 is 35.1 Å². The number of likely N-dealkylation sites (tertiary alicyclic amines) is 1. The molecule has 2 aliphatic rings. The van der Waals surface area contributed by atoms with Crippen LogP contribution in [0.5, 0.6) is 0 Å². The van der Waals surface area contributed by atoms with Crippen molar-refractivity contribution in [2.45, 2.75) is 48.4 Å². The first-order chi connectivity index (χ1) is 14.2. The van der Waals surface area contributed by atoms with E-state index >= 15 is 0 Å². The average Bonchev–Trinajstić information content (AvgIpc) is 3.32. The highest BCUT2D eigenvalue weighted by Gasteiger charge is 2.52. The van der Waals surface area contributed by atoms with E-state index in [1.807, 2.05) is 12.1 Å². The molecule has 164 valence electrons. The van der Waals surface area contributed by atoms with Crippen molar-refractivity contribution in [3.63, 3.8) is 0 Å². The first kappa shape index (κ1) is 23.2. The maximum atomic E-state index is 13.0. The zero-order valence-corrected chi connectivity index (χ0v) is 18.9. The quantitative estimate of drug-likeness (QED) is 0.530. The molecule has 2 fully saturated rings. The molecule has 2 saturated heterocycles. The largest absolute Gasteiger partial charge is 0.480 e. The van der Waals surface area contributed by atoms with Gasteiger partial charge in [0, 0.05) is 29.5 Å². The maximum absolute atomic E-state index is 13.0. The van der Waals surface area contributed by atoms with Crippen LogP contribution in [-0.4, -0.2) is 73.2 Å². The van der Waals surface area contributed by atoms with Crippen molar-refractivity contribution in [1.29, 1.82) is 0 Å². The molecule has 0 saturated carbocycles. The Morgan fingerprint density at radius 2 is 1.87 bits per heavy atom. The first-order valence-corrected chi connectivity index (χ1v) is 12.1. The van der Waals surface area contributed by atoms with Gasteiger partial charge in [0.2, 0.25) is 5.91 Å². The zero-order chi connectivity index (χ0) is 21.9. The number of nitrogens with one attached hydrogen (secondary N) is 1. The van der Waals surface area contributed by atoms with Crippen molar-refractivity contribution in [1.82, 2.24) is 10.2 Å². The Kier molecular flexibility index (Phi) is 7.60. The smallest absolute Gasteiger partial charge is 0.326 e. The lowest BCUT2D eigenvalue weighted by atomic mass is 10.0. The Hall–Kier alpha value is -1.42. The van der Waals surface area contributed by atoms with Crippen molar-refractivity contribution in [3.05, 3.63) is 34.9 Å². The maximum Gasteiger partial charge on any atom is 0.326 e. The predicted octanol–water partition coefficient (Wildman–Crippen LogP) is 2.57. The summed E-state index contributed by atoms with van der Waals surface area (Å²) >= 11 is 9.30. The van der Waals surface area contributed by atoms with Gasteiger partial charge in [-0.25, -0.2) is 4.79 Å². The monoisotopic (exact) mass is 472 g/mol. The van der Waals surface area contributed by atoms with E-state index in [0.717, 1.165) is 17.1 Å². The zero-order valence-electron chi connectivity index (χ0n) is 16.5. The van der Waals surface area contributed by atoms with Gasteiger partial charge in [0.05, 0.1) is 10.1 Å². The highest BCUT2D eigenvalue weighted by atomic mass is 35.5. The number of carbonyl (C=O) groups is 3. The lowest BCUT2D eigenvalue weighted by molar-refractivity contribution is -0.149. The third-order valence-electron chi connectivity index (χ3n) is 5.43. The van der Waals surface area contributed by atoms with Crippen molar-refractivity contribution in [2.24, 2.45) is 0 Å². The van der Waals surface area contributed by atoms with Gasteiger partial charge < -0.3 is 15.1 Å². The van der Waals surface area contributed by atoms with E-state index in [1.54, 1.807) is 42.6 Å². The number of aliphatic carboxylic acids is 2. The third kappa shape index (κ3) is 5.43. The van der Waals surface area contributed by atoms with Gasteiger partial charge in [0.1, 0.15) is 12.1 Å². The molecule has 1 aromatic carbocycles.